The summed E-state index contributed by atoms with van der Waals surface area (Å²) in [5.41, 5.74) is 8.81. The largest absolute Gasteiger partial charge is 0.478 e. The number of anilines is 1. The molecule has 4 N–H and O–H groups in total. The molecule has 34 heavy (non-hydrogen) atoms. The molecule has 0 aliphatic rings. The standard InChI is InChI=1S/C27H23F3N2O2/c1-2-22(17-6-4-3-5-7-17)26(19-10-12-24(32)21(14-19)16-31)20-9-8-18(11-13-25(33)34)23(15-20)27(28,29)30/h3-16,31H,2,32H2,1H3,(H,33,34)/b13-11+,26-22-,31-16?. The lowest BCUT2D eigenvalue weighted by molar-refractivity contribution is -0.138. The van der Waals surface area contributed by atoms with Gasteiger partial charge in [-0.3, -0.25) is 0 Å². The fourth-order valence-electron chi connectivity index (χ4n) is 3.80. The average Bonchev–Trinajstić information content (AvgIpc) is 2.81. The summed E-state index contributed by atoms with van der Waals surface area (Å²) in [6, 6.07) is 18.2. The van der Waals surface area contributed by atoms with Crippen LogP contribution in [0.15, 0.2) is 72.8 Å². The van der Waals surface area contributed by atoms with E-state index in [0.29, 0.717) is 40.4 Å². The van der Waals surface area contributed by atoms with E-state index in [2.05, 4.69) is 0 Å². The highest BCUT2D eigenvalue weighted by molar-refractivity contribution is 6.00. The zero-order valence-electron chi connectivity index (χ0n) is 18.4. The highest BCUT2D eigenvalue weighted by atomic mass is 19.4. The monoisotopic (exact) mass is 464 g/mol. The molecule has 174 valence electrons. The maximum Gasteiger partial charge on any atom is 0.417 e. The number of nitrogens with two attached hydrogens (primary N) is 1. The highest BCUT2D eigenvalue weighted by Gasteiger charge is 2.33. The van der Waals surface area contributed by atoms with Gasteiger partial charge >= 0.3 is 12.1 Å². The first-order valence-electron chi connectivity index (χ1n) is 10.5. The van der Waals surface area contributed by atoms with Crippen LogP contribution in [0.1, 0.15) is 46.7 Å². The van der Waals surface area contributed by atoms with E-state index in [9.17, 15) is 18.0 Å². The fourth-order valence-corrected chi connectivity index (χ4v) is 3.80. The van der Waals surface area contributed by atoms with Gasteiger partial charge in [0, 0.05) is 23.5 Å². The molecule has 7 heteroatoms. The Hall–Kier alpha value is -4.13. The Labute approximate surface area is 195 Å². The fraction of sp³-hybridized carbons (Fsp3) is 0.111. The van der Waals surface area contributed by atoms with Crippen molar-refractivity contribution in [3.05, 3.63) is 106 Å². The molecule has 3 rings (SSSR count). The number of carboxylic acids is 1. The van der Waals surface area contributed by atoms with E-state index in [1.54, 1.807) is 24.3 Å². The van der Waals surface area contributed by atoms with Crippen LogP contribution in [-0.2, 0) is 11.0 Å². The number of carboxylic acid groups (broad SMARTS) is 1. The Kier molecular flexibility index (Phi) is 7.36. The number of rotatable bonds is 7. The number of aliphatic carboxylic acids is 1. The smallest absolute Gasteiger partial charge is 0.417 e. The number of hydrogen-bond acceptors (Lipinski definition) is 3. The van der Waals surface area contributed by atoms with Crippen LogP contribution in [0.5, 0.6) is 0 Å². The molecule has 0 atom stereocenters. The molecule has 4 nitrogen and oxygen atoms in total. The SMILES string of the molecule is CC/C(=C(\c1ccc(N)c(C=N)c1)c1ccc(/C=C/C(=O)O)c(C(F)(F)F)c1)c1ccccc1. The average molecular weight is 464 g/mol. The number of alkyl halides is 3. The molecule has 0 saturated heterocycles. The topological polar surface area (TPSA) is 87.2 Å². The zero-order valence-corrected chi connectivity index (χ0v) is 18.4. The molecule has 3 aromatic carbocycles. The van der Waals surface area contributed by atoms with E-state index in [-0.39, 0.29) is 5.56 Å². The first kappa shape index (κ1) is 24.5. The number of allylic oxidation sites excluding steroid dienone is 1. The van der Waals surface area contributed by atoms with Crippen molar-refractivity contribution in [2.75, 3.05) is 5.73 Å². The molecule has 0 heterocycles. The molecule has 0 bridgehead atoms. The quantitative estimate of drug-likeness (QED) is 0.156. The molecule has 0 amide bonds. The number of carbonyl (C=O) groups is 1. The highest BCUT2D eigenvalue weighted by Crippen LogP contribution is 2.39. The Bertz CT molecular complexity index is 1280. The number of nitrogens with one attached hydrogen (secondary N) is 1. The third-order valence-corrected chi connectivity index (χ3v) is 5.36. The minimum atomic E-state index is -4.69. The van der Waals surface area contributed by atoms with Crippen LogP contribution in [0.2, 0.25) is 0 Å². The summed E-state index contributed by atoms with van der Waals surface area (Å²) in [4.78, 5) is 10.9. The van der Waals surface area contributed by atoms with Gasteiger partial charge in [0.15, 0.2) is 0 Å². The molecule has 0 fully saturated rings. The van der Waals surface area contributed by atoms with Crippen molar-refractivity contribution < 1.29 is 23.1 Å². The predicted molar refractivity (Wildman–Crippen MR) is 130 cm³/mol. The second-order valence-corrected chi connectivity index (χ2v) is 7.53. The van der Waals surface area contributed by atoms with Crippen LogP contribution < -0.4 is 5.73 Å². The van der Waals surface area contributed by atoms with E-state index in [4.69, 9.17) is 16.2 Å². The minimum absolute atomic E-state index is 0.242. The third-order valence-electron chi connectivity index (χ3n) is 5.36. The molecular formula is C27H23F3N2O2. The van der Waals surface area contributed by atoms with Crippen LogP contribution in [0.25, 0.3) is 17.2 Å². The number of hydrogen-bond donors (Lipinski definition) is 3. The van der Waals surface area contributed by atoms with Crippen LogP contribution in [0, 0.1) is 5.41 Å². The van der Waals surface area contributed by atoms with Crippen LogP contribution in [0.4, 0.5) is 18.9 Å². The molecule has 0 radical (unpaired) electrons. The zero-order chi connectivity index (χ0) is 24.9. The number of halogens is 3. The number of nitrogen functional groups attached to an aromatic ring is 1. The second kappa shape index (κ2) is 10.2. The van der Waals surface area contributed by atoms with Crippen molar-refractivity contribution >= 4 is 35.1 Å². The molecule has 0 saturated carbocycles. The summed E-state index contributed by atoms with van der Waals surface area (Å²) in [5, 5.41) is 16.5. The third kappa shape index (κ3) is 5.43. The summed E-state index contributed by atoms with van der Waals surface area (Å²) in [6.45, 7) is 1.92. The Morgan fingerprint density at radius 2 is 1.62 bits per heavy atom. The Morgan fingerprint density at radius 1 is 0.971 bits per heavy atom. The van der Waals surface area contributed by atoms with Gasteiger partial charge in [-0.25, -0.2) is 4.79 Å². The number of benzene rings is 3. The van der Waals surface area contributed by atoms with Crippen LogP contribution in [0.3, 0.4) is 0 Å². The minimum Gasteiger partial charge on any atom is -0.478 e. The van der Waals surface area contributed by atoms with E-state index in [0.717, 1.165) is 29.5 Å². The van der Waals surface area contributed by atoms with Crippen LogP contribution >= 0.6 is 0 Å². The van der Waals surface area contributed by atoms with Gasteiger partial charge in [0.25, 0.3) is 0 Å². The van der Waals surface area contributed by atoms with E-state index >= 15 is 0 Å². The lowest BCUT2D eigenvalue weighted by Gasteiger charge is -2.19. The van der Waals surface area contributed by atoms with E-state index in [1.807, 2.05) is 37.3 Å². The lowest BCUT2D eigenvalue weighted by atomic mass is 9.86. The predicted octanol–water partition coefficient (Wildman–Crippen LogP) is 6.75. The molecule has 0 unspecified atom stereocenters. The molecular weight excluding hydrogens is 441 g/mol. The molecule has 0 spiro atoms. The van der Waals surface area contributed by atoms with Crippen molar-refractivity contribution in [3.63, 3.8) is 0 Å². The van der Waals surface area contributed by atoms with Crippen molar-refractivity contribution in [3.8, 4) is 0 Å². The summed E-state index contributed by atoms with van der Waals surface area (Å²) in [6.07, 6.45) is -1.44. The molecule has 0 aromatic heterocycles. The summed E-state index contributed by atoms with van der Waals surface area (Å²) < 4.78 is 41.9. The molecule has 0 aliphatic heterocycles. The first-order chi connectivity index (χ1) is 16.2. The van der Waals surface area contributed by atoms with Crippen molar-refractivity contribution in [2.24, 2.45) is 0 Å². The van der Waals surface area contributed by atoms with Gasteiger partial charge in [-0.05, 0) is 64.1 Å². The van der Waals surface area contributed by atoms with Gasteiger partial charge in [0.05, 0.1) is 5.56 Å². The maximum absolute atomic E-state index is 14.0. The van der Waals surface area contributed by atoms with E-state index in [1.165, 1.54) is 6.07 Å². The van der Waals surface area contributed by atoms with Gasteiger partial charge < -0.3 is 16.2 Å². The first-order valence-corrected chi connectivity index (χ1v) is 10.5. The molecule has 3 aromatic rings. The Morgan fingerprint density at radius 3 is 2.21 bits per heavy atom. The van der Waals surface area contributed by atoms with E-state index < -0.39 is 17.7 Å². The lowest BCUT2D eigenvalue weighted by Crippen LogP contribution is -2.09. The van der Waals surface area contributed by atoms with Crippen molar-refractivity contribution in [2.45, 2.75) is 19.5 Å². The van der Waals surface area contributed by atoms with Gasteiger partial charge in [0.2, 0.25) is 0 Å². The van der Waals surface area contributed by atoms with Crippen molar-refractivity contribution in [1.82, 2.24) is 0 Å². The van der Waals surface area contributed by atoms with Gasteiger partial charge in [-0.15, -0.1) is 0 Å². The Balaban J connectivity index is 2.37. The molecule has 0 aliphatic carbocycles. The van der Waals surface area contributed by atoms with Gasteiger partial charge in [-0.1, -0.05) is 55.5 Å². The summed E-state index contributed by atoms with van der Waals surface area (Å²) in [7, 11) is 0. The van der Waals surface area contributed by atoms with Gasteiger partial charge in [-0.2, -0.15) is 13.2 Å². The van der Waals surface area contributed by atoms with Crippen LogP contribution in [-0.4, -0.2) is 17.3 Å². The second-order valence-electron chi connectivity index (χ2n) is 7.53. The normalized spacial score (nSPS) is 12.5. The maximum atomic E-state index is 14.0. The summed E-state index contributed by atoms with van der Waals surface area (Å²) in [5.74, 6) is -1.34. The van der Waals surface area contributed by atoms with Crippen molar-refractivity contribution in [1.29, 1.82) is 5.41 Å². The van der Waals surface area contributed by atoms with Gasteiger partial charge in [0.1, 0.15) is 0 Å². The summed E-state index contributed by atoms with van der Waals surface area (Å²) >= 11 is 0.